The van der Waals surface area contributed by atoms with Gasteiger partial charge in [-0.25, -0.2) is 13.1 Å². The third-order valence-electron chi connectivity index (χ3n) is 2.08. The molecule has 0 unspecified atom stereocenters. The zero-order valence-electron chi connectivity index (χ0n) is 9.45. The van der Waals surface area contributed by atoms with Gasteiger partial charge < -0.3 is 5.32 Å². The van der Waals surface area contributed by atoms with Gasteiger partial charge >= 0.3 is 0 Å². The van der Waals surface area contributed by atoms with E-state index in [2.05, 4.69) is 26.0 Å². The molecular formula is C10H13BrN2O3S. The van der Waals surface area contributed by atoms with Gasteiger partial charge in [0.05, 0.1) is 11.4 Å². The Morgan fingerprint density at radius 3 is 2.59 bits per heavy atom. The minimum atomic E-state index is -3.67. The van der Waals surface area contributed by atoms with Gasteiger partial charge in [-0.2, -0.15) is 0 Å². The number of hydrogen-bond acceptors (Lipinski definition) is 3. The van der Waals surface area contributed by atoms with Gasteiger partial charge in [0.15, 0.2) is 0 Å². The van der Waals surface area contributed by atoms with Crippen LogP contribution in [0.1, 0.15) is 5.56 Å². The first kappa shape index (κ1) is 14.1. The highest BCUT2D eigenvalue weighted by Gasteiger charge is 2.18. The summed E-state index contributed by atoms with van der Waals surface area (Å²) in [5.41, 5.74) is 0.946. The Morgan fingerprint density at radius 2 is 2.06 bits per heavy atom. The summed E-state index contributed by atoms with van der Waals surface area (Å²) in [5.74, 6) is -0.392. The van der Waals surface area contributed by atoms with Crippen LogP contribution in [-0.4, -0.2) is 27.9 Å². The number of halogens is 1. The number of likely N-dealkylation sites (N-methyl/N-ethyl adjacent to an activating group) is 1. The van der Waals surface area contributed by atoms with E-state index < -0.39 is 15.9 Å². The summed E-state index contributed by atoms with van der Waals surface area (Å²) in [6.07, 6.45) is 0. The third kappa shape index (κ3) is 3.79. The van der Waals surface area contributed by atoms with Gasteiger partial charge in [-0.05, 0) is 40.5 Å². The normalized spacial score (nSPS) is 11.2. The number of hydrogen-bond donors (Lipinski definition) is 2. The summed E-state index contributed by atoms with van der Waals surface area (Å²) in [7, 11) is -2.23. The lowest BCUT2D eigenvalue weighted by Crippen LogP contribution is -2.35. The maximum Gasteiger partial charge on any atom is 0.242 e. The van der Waals surface area contributed by atoms with Gasteiger partial charge in [-0.1, -0.05) is 6.07 Å². The molecule has 0 aromatic heterocycles. The molecule has 0 aliphatic rings. The first-order valence-corrected chi connectivity index (χ1v) is 7.11. The van der Waals surface area contributed by atoms with Gasteiger partial charge in [0.25, 0.3) is 0 Å². The minimum Gasteiger partial charge on any atom is -0.358 e. The Bertz CT molecular complexity index is 528. The minimum absolute atomic E-state index is 0.118. The first-order valence-electron chi connectivity index (χ1n) is 4.83. The molecule has 0 aliphatic heterocycles. The second kappa shape index (κ2) is 5.61. The van der Waals surface area contributed by atoms with Crippen LogP contribution in [0.15, 0.2) is 27.6 Å². The number of aryl methyl sites for hydroxylation is 1. The summed E-state index contributed by atoms with van der Waals surface area (Å²) in [6.45, 7) is 1.58. The first-order chi connectivity index (χ1) is 7.86. The van der Waals surface area contributed by atoms with Crippen LogP contribution in [-0.2, 0) is 14.8 Å². The van der Waals surface area contributed by atoms with Crippen LogP contribution >= 0.6 is 15.9 Å². The largest absolute Gasteiger partial charge is 0.358 e. The van der Waals surface area contributed by atoms with Crippen LogP contribution in [0.5, 0.6) is 0 Å². The van der Waals surface area contributed by atoms with E-state index in [4.69, 9.17) is 0 Å². The Balaban J connectivity index is 2.94. The molecule has 2 N–H and O–H groups in total. The van der Waals surface area contributed by atoms with Gasteiger partial charge in [0.1, 0.15) is 0 Å². The van der Waals surface area contributed by atoms with E-state index in [-0.39, 0.29) is 11.4 Å². The zero-order chi connectivity index (χ0) is 13.1. The van der Waals surface area contributed by atoms with Crippen molar-refractivity contribution in [3.63, 3.8) is 0 Å². The van der Waals surface area contributed by atoms with Crippen LogP contribution in [0.3, 0.4) is 0 Å². The smallest absolute Gasteiger partial charge is 0.242 e. The molecule has 0 saturated carbocycles. The number of amides is 1. The summed E-state index contributed by atoms with van der Waals surface area (Å²) in [6, 6.07) is 4.89. The molecule has 94 valence electrons. The van der Waals surface area contributed by atoms with Crippen molar-refractivity contribution < 1.29 is 13.2 Å². The lowest BCUT2D eigenvalue weighted by Gasteiger charge is -2.08. The van der Waals surface area contributed by atoms with Crippen LogP contribution in [0.4, 0.5) is 0 Å². The van der Waals surface area contributed by atoms with Crippen LogP contribution < -0.4 is 10.0 Å². The molecule has 1 amide bonds. The number of benzene rings is 1. The molecule has 1 rings (SSSR count). The van der Waals surface area contributed by atoms with E-state index >= 15 is 0 Å². The molecule has 17 heavy (non-hydrogen) atoms. The third-order valence-corrected chi connectivity index (χ3v) is 4.46. The molecule has 0 aliphatic carbocycles. The lowest BCUT2D eigenvalue weighted by atomic mass is 10.2. The summed E-state index contributed by atoms with van der Waals surface area (Å²) < 4.78 is 26.4. The van der Waals surface area contributed by atoms with Crippen LogP contribution in [0, 0.1) is 6.92 Å². The fourth-order valence-electron chi connectivity index (χ4n) is 1.15. The maximum absolute atomic E-state index is 11.9. The zero-order valence-corrected chi connectivity index (χ0v) is 11.9. The van der Waals surface area contributed by atoms with Crippen molar-refractivity contribution in [1.82, 2.24) is 10.0 Å². The fraction of sp³-hybridized carbons (Fsp3) is 0.300. The molecule has 5 nitrogen and oxygen atoms in total. The molecule has 0 radical (unpaired) electrons. The number of carbonyl (C=O) groups excluding carboxylic acids is 1. The van der Waals surface area contributed by atoms with Crippen LogP contribution in [0.2, 0.25) is 0 Å². The predicted octanol–water partition coefficient (Wildman–Crippen LogP) is 0.782. The molecule has 0 bridgehead atoms. The van der Waals surface area contributed by atoms with E-state index in [9.17, 15) is 13.2 Å². The standard InChI is InChI=1S/C10H13BrN2O3S/c1-7-3-4-9(8(11)5-7)17(15,16)13-6-10(14)12-2/h3-5,13H,6H2,1-2H3,(H,12,14). The average molecular weight is 321 g/mol. The highest BCUT2D eigenvalue weighted by Crippen LogP contribution is 2.22. The van der Waals surface area contributed by atoms with Gasteiger partial charge in [0.2, 0.25) is 15.9 Å². The molecule has 7 heteroatoms. The van der Waals surface area contributed by atoms with Crippen molar-refractivity contribution in [3.05, 3.63) is 28.2 Å². The molecule has 1 aromatic rings. The second-order valence-corrected chi connectivity index (χ2v) is 6.02. The molecule has 0 spiro atoms. The topological polar surface area (TPSA) is 75.3 Å². The van der Waals surface area contributed by atoms with E-state index in [1.165, 1.54) is 13.1 Å². The second-order valence-electron chi connectivity index (χ2n) is 3.43. The molecule has 0 heterocycles. The van der Waals surface area contributed by atoms with E-state index in [1.807, 2.05) is 6.92 Å². The predicted molar refractivity (Wildman–Crippen MR) is 68.1 cm³/mol. The highest BCUT2D eigenvalue weighted by atomic mass is 79.9. The summed E-state index contributed by atoms with van der Waals surface area (Å²) in [4.78, 5) is 11.1. The van der Waals surface area contributed by atoms with Crippen molar-refractivity contribution in [3.8, 4) is 0 Å². The van der Waals surface area contributed by atoms with Crippen molar-refractivity contribution in [2.45, 2.75) is 11.8 Å². The number of rotatable bonds is 4. The lowest BCUT2D eigenvalue weighted by molar-refractivity contribution is -0.119. The molecule has 0 fully saturated rings. The van der Waals surface area contributed by atoms with Crippen LogP contribution in [0.25, 0.3) is 0 Å². The quantitative estimate of drug-likeness (QED) is 0.861. The van der Waals surface area contributed by atoms with Gasteiger partial charge in [-0.15, -0.1) is 0 Å². The van der Waals surface area contributed by atoms with Crippen molar-refractivity contribution >= 4 is 31.9 Å². The number of nitrogens with one attached hydrogen (secondary N) is 2. The molecule has 1 aromatic carbocycles. The maximum atomic E-state index is 11.9. The molecule has 0 atom stereocenters. The SMILES string of the molecule is CNC(=O)CNS(=O)(=O)c1ccc(C)cc1Br. The van der Waals surface area contributed by atoms with Crippen molar-refractivity contribution in [2.75, 3.05) is 13.6 Å². The van der Waals surface area contributed by atoms with Gasteiger partial charge in [-0.3, -0.25) is 4.79 Å². The van der Waals surface area contributed by atoms with E-state index in [0.717, 1.165) is 5.56 Å². The summed E-state index contributed by atoms with van der Waals surface area (Å²) >= 11 is 3.19. The Kier molecular flexibility index (Phi) is 4.67. The van der Waals surface area contributed by atoms with E-state index in [0.29, 0.717) is 4.47 Å². The molecule has 0 saturated heterocycles. The van der Waals surface area contributed by atoms with Crippen molar-refractivity contribution in [2.24, 2.45) is 0 Å². The highest BCUT2D eigenvalue weighted by molar-refractivity contribution is 9.10. The Labute approximate surface area is 109 Å². The van der Waals surface area contributed by atoms with E-state index in [1.54, 1.807) is 12.1 Å². The van der Waals surface area contributed by atoms with Crippen molar-refractivity contribution in [1.29, 1.82) is 0 Å². The number of carbonyl (C=O) groups is 1. The Hall–Kier alpha value is -0.920. The molecular weight excluding hydrogens is 308 g/mol. The van der Waals surface area contributed by atoms with Gasteiger partial charge in [0, 0.05) is 11.5 Å². The fourth-order valence-corrected chi connectivity index (χ4v) is 3.32. The number of sulfonamides is 1. The average Bonchev–Trinajstić information content (AvgIpc) is 2.25. The Morgan fingerprint density at radius 1 is 1.41 bits per heavy atom. The summed E-state index contributed by atoms with van der Waals surface area (Å²) in [5, 5.41) is 2.34. The monoisotopic (exact) mass is 320 g/mol.